The summed E-state index contributed by atoms with van der Waals surface area (Å²) in [5.41, 5.74) is 6.14. The summed E-state index contributed by atoms with van der Waals surface area (Å²) in [4.78, 5) is 34.6. The van der Waals surface area contributed by atoms with Gasteiger partial charge in [-0.2, -0.15) is 0 Å². The Morgan fingerprint density at radius 2 is 1.02 bits per heavy atom. The largest absolute Gasteiger partial charge is 0.472 e. The first kappa shape index (κ1) is 44.0. The number of ether oxygens (including phenoxy) is 2. The van der Waals surface area contributed by atoms with Crippen LogP contribution >= 0.6 is 7.82 Å². The molecule has 0 aliphatic carbocycles. The summed E-state index contributed by atoms with van der Waals surface area (Å²) in [6.45, 7) is 12.9. The first-order valence-electron chi connectivity index (χ1n) is 17.8. The molecule has 2 atom stereocenters. The smallest absolute Gasteiger partial charge is 0.462 e. The lowest BCUT2D eigenvalue weighted by Crippen LogP contribution is -2.29. The Balaban J connectivity index is 4.29. The third kappa shape index (κ3) is 32.7. The number of phosphoric acid groups is 1. The molecule has 0 amide bonds. The van der Waals surface area contributed by atoms with Crippen LogP contribution in [0.1, 0.15) is 170 Å². The van der Waals surface area contributed by atoms with E-state index in [1.54, 1.807) is 0 Å². The fourth-order valence-electron chi connectivity index (χ4n) is 4.97. The number of esters is 2. The molecular weight excluding hydrogens is 593 g/mol. The van der Waals surface area contributed by atoms with E-state index in [-0.39, 0.29) is 38.6 Å². The normalized spacial score (nSPS) is 14.2. The molecule has 0 saturated carbocycles. The highest BCUT2D eigenvalue weighted by molar-refractivity contribution is 7.47. The zero-order valence-corrected chi connectivity index (χ0v) is 30.8. The molecule has 0 aromatic heterocycles. The minimum atomic E-state index is -4.36. The van der Waals surface area contributed by atoms with Crippen LogP contribution in [0, 0.1) is 10.8 Å². The number of phosphoric ester groups is 1. The van der Waals surface area contributed by atoms with E-state index in [0.717, 1.165) is 38.5 Å². The molecule has 10 heteroatoms. The van der Waals surface area contributed by atoms with Crippen LogP contribution in [-0.4, -0.2) is 49.3 Å². The van der Waals surface area contributed by atoms with Crippen molar-refractivity contribution in [3.8, 4) is 0 Å². The van der Waals surface area contributed by atoms with Crippen molar-refractivity contribution in [3.63, 3.8) is 0 Å². The molecule has 3 N–H and O–H groups in total. The van der Waals surface area contributed by atoms with Crippen LogP contribution < -0.4 is 5.73 Å². The Kier molecular flexibility index (Phi) is 25.4. The van der Waals surface area contributed by atoms with E-state index >= 15 is 0 Å². The Hall–Kier alpha value is -0.990. The van der Waals surface area contributed by atoms with Crippen LogP contribution in [0.15, 0.2) is 0 Å². The summed E-state index contributed by atoms with van der Waals surface area (Å²) >= 11 is 0. The fraction of sp³-hybridized carbons (Fsp3) is 0.943. The monoisotopic (exact) mass is 663 g/mol. The van der Waals surface area contributed by atoms with Crippen molar-refractivity contribution in [2.45, 2.75) is 176 Å². The third-order valence-electron chi connectivity index (χ3n) is 7.64. The predicted octanol–water partition coefficient (Wildman–Crippen LogP) is 9.43. The molecule has 0 saturated heterocycles. The van der Waals surface area contributed by atoms with Crippen molar-refractivity contribution >= 4 is 19.8 Å². The average molecular weight is 664 g/mol. The summed E-state index contributed by atoms with van der Waals surface area (Å²) in [5, 5.41) is 0. The topological polar surface area (TPSA) is 134 Å². The van der Waals surface area contributed by atoms with Gasteiger partial charge < -0.3 is 20.1 Å². The van der Waals surface area contributed by atoms with Crippen LogP contribution in [0.3, 0.4) is 0 Å². The molecule has 9 nitrogen and oxygen atoms in total. The summed E-state index contributed by atoms with van der Waals surface area (Å²) in [7, 11) is -4.36. The van der Waals surface area contributed by atoms with Crippen LogP contribution in [0.25, 0.3) is 0 Å². The van der Waals surface area contributed by atoms with E-state index in [0.29, 0.717) is 17.3 Å². The maximum atomic E-state index is 12.5. The van der Waals surface area contributed by atoms with Gasteiger partial charge >= 0.3 is 19.8 Å². The highest BCUT2D eigenvalue weighted by Crippen LogP contribution is 2.43. The van der Waals surface area contributed by atoms with Crippen LogP contribution in [0.2, 0.25) is 0 Å². The zero-order chi connectivity index (χ0) is 34.0. The molecule has 0 spiro atoms. The van der Waals surface area contributed by atoms with Crippen molar-refractivity contribution in [3.05, 3.63) is 0 Å². The van der Waals surface area contributed by atoms with Gasteiger partial charge in [0.15, 0.2) is 6.10 Å². The van der Waals surface area contributed by atoms with Gasteiger partial charge in [-0.3, -0.25) is 18.6 Å². The molecule has 268 valence electrons. The maximum Gasteiger partial charge on any atom is 0.472 e. The number of carbonyl (C=O) groups excluding carboxylic acids is 2. The molecule has 0 aromatic carbocycles. The van der Waals surface area contributed by atoms with Gasteiger partial charge in [-0.25, -0.2) is 4.57 Å². The molecular formula is C35H70NO8P. The van der Waals surface area contributed by atoms with E-state index in [9.17, 15) is 19.0 Å². The SMILES string of the molecule is CC(C)(C)CCCCCCCCCCC(=O)OC[C@@H](COP(=O)(O)OCCN)OC(=O)CCCCCCCCCCC(C)(C)C. The number of hydrogen-bond donors (Lipinski definition) is 2. The Morgan fingerprint density at radius 3 is 1.44 bits per heavy atom. The Bertz CT molecular complexity index is 793. The number of carbonyl (C=O) groups is 2. The van der Waals surface area contributed by atoms with Crippen molar-refractivity contribution in [2.24, 2.45) is 16.6 Å². The summed E-state index contributed by atoms with van der Waals surface area (Å²) in [5.74, 6) is -0.834. The predicted molar refractivity (Wildman–Crippen MR) is 183 cm³/mol. The molecule has 45 heavy (non-hydrogen) atoms. The van der Waals surface area contributed by atoms with Gasteiger partial charge in [0.25, 0.3) is 0 Å². The van der Waals surface area contributed by atoms with Gasteiger partial charge in [-0.1, -0.05) is 131 Å². The standard InChI is InChI=1S/C35H70NO8P/c1-34(2,3)25-21-17-13-9-7-11-15-19-23-32(37)41-29-31(30-43-45(39,40)42-28-27-36)44-33(38)24-20-16-12-8-10-14-18-22-26-35(4,5)6/h31H,7-30,36H2,1-6H3,(H,39,40)/t31-/m0/s1. The summed E-state index contributed by atoms with van der Waals surface area (Å²) < 4.78 is 32.6. The van der Waals surface area contributed by atoms with E-state index in [1.807, 2.05) is 0 Å². The molecule has 0 fully saturated rings. The molecule has 0 aliphatic rings. The second-order valence-electron chi connectivity index (χ2n) is 15.0. The summed E-state index contributed by atoms with van der Waals surface area (Å²) in [6.07, 6.45) is 19.9. The molecule has 0 heterocycles. The molecule has 0 rings (SSSR count). The first-order valence-corrected chi connectivity index (χ1v) is 19.3. The van der Waals surface area contributed by atoms with Crippen LogP contribution in [0.4, 0.5) is 0 Å². The fourth-order valence-corrected chi connectivity index (χ4v) is 5.74. The van der Waals surface area contributed by atoms with Crippen LogP contribution in [0.5, 0.6) is 0 Å². The van der Waals surface area contributed by atoms with Crippen molar-refractivity contribution in [1.82, 2.24) is 0 Å². The molecule has 1 unspecified atom stereocenters. The molecule has 0 aliphatic heterocycles. The second kappa shape index (κ2) is 26.0. The lowest BCUT2D eigenvalue weighted by atomic mass is 9.89. The van der Waals surface area contributed by atoms with Gasteiger partial charge in [0.1, 0.15) is 6.61 Å². The summed E-state index contributed by atoms with van der Waals surface area (Å²) in [6, 6.07) is 0. The van der Waals surface area contributed by atoms with E-state index in [4.69, 9.17) is 24.3 Å². The first-order chi connectivity index (χ1) is 21.1. The van der Waals surface area contributed by atoms with Gasteiger partial charge in [0.2, 0.25) is 0 Å². The molecule has 0 bridgehead atoms. The maximum absolute atomic E-state index is 12.5. The number of nitrogens with two attached hydrogens (primary N) is 1. The average Bonchev–Trinajstić information content (AvgIpc) is 2.94. The number of unbranched alkanes of at least 4 members (excludes halogenated alkanes) is 14. The zero-order valence-electron chi connectivity index (χ0n) is 29.9. The quantitative estimate of drug-likeness (QED) is 0.0456. The van der Waals surface area contributed by atoms with Crippen molar-refractivity contribution in [2.75, 3.05) is 26.4 Å². The molecule has 0 aromatic rings. The second-order valence-corrected chi connectivity index (χ2v) is 16.4. The minimum absolute atomic E-state index is 0.0542. The van der Waals surface area contributed by atoms with Gasteiger partial charge in [0, 0.05) is 19.4 Å². The lowest BCUT2D eigenvalue weighted by molar-refractivity contribution is -0.161. The van der Waals surface area contributed by atoms with Gasteiger partial charge in [-0.15, -0.1) is 0 Å². The minimum Gasteiger partial charge on any atom is -0.462 e. The highest BCUT2D eigenvalue weighted by atomic mass is 31.2. The van der Waals surface area contributed by atoms with Gasteiger partial charge in [-0.05, 0) is 36.5 Å². The van der Waals surface area contributed by atoms with E-state index < -0.39 is 26.5 Å². The van der Waals surface area contributed by atoms with Crippen LogP contribution in [-0.2, 0) is 32.7 Å². The third-order valence-corrected chi connectivity index (χ3v) is 8.62. The van der Waals surface area contributed by atoms with E-state index in [2.05, 4.69) is 41.5 Å². The lowest BCUT2D eigenvalue weighted by Gasteiger charge is -2.20. The Morgan fingerprint density at radius 1 is 0.622 bits per heavy atom. The highest BCUT2D eigenvalue weighted by Gasteiger charge is 2.26. The van der Waals surface area contributed by atoms with Gasteiger partial charge in [0.05, 0.1) is 13.2 Å². The van der Waals surface area contributed by atoms with Crippen molar-refractivity contribution in [1.29, 1.82) is 0 Å². The number of hydrogen-bond acceptors (Lipinski definition) is 8. The number of rotatable bonds is 29. The molecule has 0 radical (unpaired) electrons. The Labute approximate surface area is 276 Å². The van der Waals surface area contributed by atoms with Crippen molar-refractivity contribution < 1.29 is 37.6 Å². The van der Waals surface area contributed by atoms with E-state index in [1.165, 1.54) is 70.6 Å².